The maximum absolute atomic E-state index is 14.0. The molecule has 0 N–H and O–H groups in total. The summed E-state index contributed by atoms with van der Waals surface area (Å²) >= 11 is 0. The third-order valence-corrected chi connectivity index (χ3v) is 3.14. The van der Waals surface area contributed by atoms with Gasteiger partial charge < -0.3 is 9.64 Å². The van der Waals surface area contributed by atoms with Gasteiger partial charge in [-0.1, -0.05) is 0 Å². The van der Waals surface area contributed by atoms with E-state index in [2.05, 4.69) is 0 Å². The third-order valence-electron chi connectivity index (χ3n) is 3.14. The van der Waals surface area contributed by atoms with Crippen molar-refractivity contribution in [3.8, 4) is 0 Å². The first-order chi connectivity index (χ1) is 9.06. The van der Waals surface area contributed by atoms with Crippen LogP contribution in [-0.4, -0.2) is 32.0 Å². The number of methoxy groups -OCH3 is 1. The molecule has 0 aliphatic carbocycles. The second kappa shape index (κ2) is 5.48. The van der Waals surface area contributed by atoms with Crippen LogP contribution in [0.2, 0.25) is 0 Å². The highest BCUT2D eigenvalue weighted by Crippen LogP contribution is 2.32. The van der Waals surface area contributed by atoms with Crippen molar-refractivity contribution < 1.29 is 18.7 Å². The number of nitrogens with zero attached hydrogens (tertiary/aromatic N) is 1. The second-order valence-electron chi connectivity index (χ2n) is 4.63. The molecule has 19 heavy (non-hydrogen) atoms. The maximum Gasteiger partial charge on any atom is 0.299 e. The molecule has 0 fully saturated rings. The van der Waals surface area contributed by atoms with Crippen molar-refractivity contribution in [2.24, 2.45) is 0 Å². The van der Waals surface area contributed by atoms with E-state index < -0.39 is 17.5 Å². The summed E-state index contributed by atoms with van der Waals surface area (Å²) in [6.07, 6.45) is 1.43. The number of ketones is 1. The predicted octanol–water partition coefficient (Wildman–Crippen LogP) is 2.09. The highest BCUT2D eigenvalue weighted by Gasteiger charge is 2.37. The summed E-state index contributed by atoms with van der Waals surface area (Å²) in [6, 6.07) is 2.90. The minimum absolute atomic E-state index is 0.123. The van der Waals surface area contributed by atoms with E-state index in [1.54, 1.807) is 20.1 Å². The van der Waals surface area contributed by atoms with Crippen molar-refractivity contribution in [1.29, 1.82) is 0 Å². The van der Waals surface area contributed by atoms with E-state index in [9.17, 15) is 14.0 Å². The Kier molecular flexibility index (Phi) is 3.95. The lowest BCUT2D eigenvalue weighted by atomic mass is 10.1. The second-order valence-corrected chi connectivity index (χ2v) is 4.63. The molecule has 0 saturated heterocycles. The number of unbranched alkanes of at least 4 members (excludes halogenated alkanes) is 1. The summed E-state index contributed by atoms with van der Waals surface area (Å²) in [5.74, 6) is -1.78. The van der Waals surface area contributed by atoms with Crippen molar-refractivity contribution in [2.75, 3.05) is 25.2 Å². The number of hydrogen-bond acceptors (Lipinski definition) is 3. The van der Waals surface area contributed by atoms with Gasteiger partial charge in [0.05, 0.1) is 11.3 Å². The number of carbonyl (C=O) groups excluding carboxylic acids is 2. The van der Waals surface area contributed by atoms with Gasteiger partial charge in [0.15, 0.2) is 0 Å². The summed E-state index contributed by atoms with van der Waals surface area (Å²) in [4.78, 5) is 24.9. The molecular formula is C14H16FNO3. The minimum Gasteiger partial charge on any atom is -0.385 e. The molecule has 1 aliphatic rings. The number of anilines is 1. The van der Waals surface area contributed by atoms with Gasteiger partial charge in [0.1, 0.15) is 5.82 Å². The summed E-state index contributed by atoms with van der Waals surface area (Å²) < 4.78 is 18.9. The molecule has 0 atom stereocenters. The van der Waals surface area contributed by atoms with E-state index in [0.29, 0.717) is 25.1 Å². The van der Waals surface area contributed by atoms with Crippen LogP contribution < -0.4 is 4.90 Å². The average Bonchev–Trinajstić information content (AvgIpc) is 2.60. The van der Waals surface area contributed by atoms with Gasteiger partial charge in [-0.05, 0) is 37.5 Å². The summed E-state index contributed by atoms with van der Waals surface area (Å²) in [5.41, 5.74) is 0.936. The van der Waals surface area contributed by atoms with E-state index in [4.69, 9.17) is 4.74 Å². The Morgan fingerprint density at radius 2 is 2.00 bits per heavy atom. The molecule has 5 heteroatoms. The van der Waals surface area contributed by atoms with Crippen LogP contribution in [0.4, 0.5) is 10.1 Å². The molecule has 0 spiro atoms. The van der Waals surface area contributed by atoms with Crippen LogP contribution in [-0.2, 0) is 9.53 Å². The molecule has 1 aromatic carbocycles. The molecule has 1 aromatic rings. The fourth-order valence-electron chi connectivity index (χ4n) is 2.25. The first-order valence-corrected chi connectivity index (χ1v) is 6.21. The van der Waals surface area contributed by atoms with Gasteiger partial charge in [-0.2, -0.15) is 0 Å². The molecule has 1 amide bonds. The number of ether oxygens (including phenoxy) is 1. The van der Waals surface area contributed by atoms with Crippen LogP contribution in [0, 0.1) is 12.7 Å². The normalized spacial score (nSPS) is 14.2. The van der Waals surface area contributed by atoms with Crippen molar-refractivity contribution in [2.45, 2.75) is 19.8 Å². The van der Waals surface area contributed by atoms with E-state index >= 15 is 0 Å². The lowest BCUT2D eigenvalue weighted by Crippen LogP contribution is -2.31. The molecule has 102 valence electrons. The fraction of sp³-hybridized carbons (Fsp3) is 0.429. The van der Waals surface area contributed by atoms with Crippen LogP contribution in [0.25, 0.3) is 0 Å². The standard InChI is InChI=1S/C14H16FNO3/c1-9-7-10-12(11(15)8-9)16(14(18)13(10)17)5-3-4-6-19-2/h7-8H,3-6H2,1-2H3. The van der Waals surface area contributed by atoms with Gasteiger partial charge >= 0.3 is 0 Å². The van der Waals surface area contributed by atoms with E-state index in [-0.39, 0.29) is 11.3 Å². The van der Waals surface area contributed by atoms with Crippen molar-refractivity contribution in [1.82, 2.24) is 0 Å². The third kappa shape index (κ3) is 2.51. The van der Waals surface area contributed by atoms with Gasteiger partial charge in [0.2, 0.25) is 0 Å². The predicted molar refractivity (Wildman–Crippen MR) is 68.9 cm³/mol. The molecule has 0 unspecified atom stereocenters. The first-order valence-electron chi connectivity index (χ1n) is 6.21. The lowest BCUT2D eigenvalue weighted by molar-refractivity contribution is -0.114. The molecule has 0 bridgehead atoms. The molecule has 0 aromatic heterocycles. The summed E-state index contributed by atoms with van der Waals surface area (Å²) in [7, 11) is 1.60. The Bertz CT molecular complexity index is 528. The Labute approximate surface area is 111 Å². The number of fused-ring (bicyclic) bond motifs is 1. The first kappa shape index (κ1) is 13.7. The molecule has 1 aliphatic heterocycles. The number of hydrogen-bond donors (Lipinski definition) is 0. The smallest absolute Gasteiger partial charge is 0.299 e. The van der Waals surface area contributed by atoms with Crippen LogP contribution in [0.5, 0.6) is 0 Å². The van der Waals surface area contributed by atoms with Gasteiger partial charge in [0, 0.05) is 20.3 Å². The van der Waals surface area contributed by atoms with E-state index in [0.717, 1.165) is 6.42 Å². The lowest BCUT2D eigenvalue weighted by Gasteiger charge is -2.17. The van der Waals surface area contributed by atoms with Crippen molar-refractivity contribution in [3.63, 3.8) is 0 Å². The van der Waals surface area contributed by atoms with Gasteiger partial charge in [-0.25, -0.2) is 4.39 Å². The molecule has 1 heterocycles. The van der Waals surface area contributed by atoms with Crippen molar-refractivity contribution in [3.05, 3.63) is 29.1 Å². The maximum atomic E-state index is 14.0. The molecule has 0 saturated carbocycles. The van der Waals surface area contributed by atoms with Crippen LogP contribution in [0.1, 0.15) is 28.8 Å². The molecule has 0 radical (unpaired) electrons. The zero-order valence-electron chi connectivity index (χ0n) is 11.0. The minimum atomic E-state index is -0.642. The Hall–Kier alpha value is -1.75. The number of carbonyl (C=O) groups is 2. The van der Waals surface area contributed by atoms with Gasteiger partial charge in [0.25, 0.3) is 11.7 Å². The number of amides is 1. The van der Waals surface area contributed by atoms with Gasteiger partial charge in [-0.3, -0.25) is 9.59 Å². The molecule has 2 rings (SSSR count). The monoisotopic (exact) mass is 265 g/mol. The quantitative estimate of drug-likeness (QED) is 0.605. The molecule has 4 nitrogen and oxygen atoms in total. The molecular weight excluding hydrogens is 249 g/mol. The SMILES string of the molecule is COCCCCN1C(=O)C(=O)c2cc(C)cc(F)c21. The number of rotatable bonds is 5. The van der Waals surface area contributed by atoms with Crippen LogP contribution >= 0.6 is 0 Å². The Morgan fingerprint density at radius 3 is 2.68 bits per heavy atom. The zero-order chi connectivity index (χ0) is 14.0. The number of benzene rings is 1. The largest absolute Gasteiger partial charge is 0.385 e. The van der Waals surface area contributed by atoms with Crippen LogP contribution in [0.3, 0.4) is 0 Å². The Morgan fingerprint density at radius 1 is 1.26 bits per heavy atom. The highest BCUT2D eigenvalue weighted by atomic mass is 19.1. The summed E-state index contributed by atoms with van der Waals surface area (Å²) in [5, 5.41) is 0. The number of Topliss-reactive ketones (excluding diaryl/α,β-unsaturated/α-hetero) is 1. The Balaban J connectivity index is 2.23. The summed E-state index contributed by atoms with van der Waals surface area (Å²) in [6.45, 7) is 2.61. The van der Waals surface area contributed by atoms with E-state index in [1.807, 2.05) is 0 Å². The van der Waals surface area contributed by atoms with E-state index in [1.165, 1.54) is 11.0 Å². The van der Waals surface area contributed by atoms with Gasteiger partial charge in [-0.15, -0.1) is 0 Å². The fourth-order valence-corrected chi connectivity index (χ4v) is 2.25. The number of halogens is 1. The highest BCUT2D eigenvalue weighted by molar-refractivity contribution is 6.52. The van der Waals surface area contributed by atoms with Crippen molar-refractivity contribution >= 4 is 17.4 Å². The number of aryl methyl sites for hydroxylation is 1. The van der Waals surface area contributed by atoms with Crippen LogP contribution in [0.15, 0.2) is 12.1 Å². The average molecular weight is 265 g/mol. The topological polar surface area (TPSA) is 46.6 Å². The zero-order valence-corrected chi connectivity index (χ0v) is 11.0.